The van der Waals surface area contributed by atoms with Crippen molar-refractivity contribution in [2.24, 2.45) is 5.92 Å². The Kier molecular flexibility index (Phi) is 8.22. The summed E-state index contributed by atoms with van der Waals surface area (Å²) in [7, 11) is 4.29. The third kappa shape index (κ3) is 5.77. The summed E-state index contributed by atoms with van der Waals surface area (Å²) in [5.41, 5.74) is 1.08. The maximum absolute atomic E-state index is 13.1. The molecule has 1 aliphatic heterocycles. The number of rotatable bonds is 6. The Balaban J connectivity index is 0.000000454. The van der Waals surface area contributed by atoms with Gasteiger partial charge < -0.3 is 20.0 Å². The van der Waals surface area contributed by atoms with Crippen LogP contribution in [0.3, 0.4) is 0 Å². The highest BCUT2D eigenvalue weighted by molar-refractivity contribution is 5.83. The molecule has 36 heavy (non-hydrogen) atoms. The number of hydrogen-bond acceptors (Lipinski definition) is 4. The van der Waals surface area contributed by atoms with E-state index in [1.807, 2.05) is 0 Å². The molecule has 3 aliphatic rings. The van der Waals surface area contributed by atoms with Crippen molar-refractivity contribution in [3.8, 4) is 0 Å². The van der Waals surface area contributed by atoms with E-state index >= 15 is 0 Å². The van der Waals surface area contributed by atoms with Gasteiger partial charge in [-0.2, -0.15) is 13.2 Å². The van der Waals surface area contributed by atoms with E-state index in [4.69, 9.17) is 9.90 Å². The Bertz CT molecular complexity index is 942. The van der Waals surface area contributed by atoms with Crippen molar-refractivity contribution >= 4 is 18.0 Å². The highest BCUT2D eigenvalue weighted by Crippen LogP contribution is 2.49. The number of hydrogen-bond donors (Lipinski definition) is 2. The lowest BCUT2D eigenvalue weighted by Crippen LogP contribution is -2.56. The van der Waals surface area contributed by atoms with Gasteiger partial charge in [-0.15, -0.1) is 0 Å². The molecule has 8 nitrogen and oxygen atoms in total. The summed E-state index contributed by atoms with van der Waals surface area (Å²) in [6.07, 6.45) is 2.30. The standard InChI is InChI=1S/C23H33N3O3.C2HF3O2/c1-24(2)23(19-9-4-3-5-10-19)13-11-22(12-14-23)17-25(16-20(27)28)21(29)26(22)15-18-7-6-8-18;3-2(4,5)1(6)7/h3-5,9-10,18H,6-8,11-17H2,1-2H3,(H,27,28);(H,6,7)/t22-,23-;. The van der Waals surface area contributed by atoms with Gasteiger partial charge >= 0.3 is 24.1 Å². The molecule has 0 radical (unpaired) electrons. The van der Waals surface area contributed by atoms with Crippen LogP contribution in [0.25, 0.3) is 0 Å². The number of urea groups is 1. The van der Waals surface area contributed by atoms with E-state index in [0.717, 1.165) is 32.2 Å². The minimum Gasteiger partial charge on any atom is -0.480 e. The molecule has 1 aromatic rings. The minimum absolute atomic E-state index is 0.0298. The fourth-order valence-electron chi connectivity index (χ4n) is 5.67. The van der Waals surface area contributed by atoms with E-state index < -0.39 is 18.1 Å². The van der Waals surface area contributed by atoms with E-state index in [9.17, 15) is 27.9 Å². The van der Waals surface area contributed by atoms with Gasteiger partial charge in [0.25, 0.3) is 0 Å². The number of carbonyl (C=O) groups excluding carboxylic acids is 1. The average molecular weight is 514 g/mol. The van der Waals surface area contributed by atoms with Crippen LogP contribution in [-0.4, -0.2) is 88.3 Å². The van der Waals surface area contributed by atoms with Gasteiger partial charge in [0, 0.05) is 18.6 Å². The fourth-order valence-corrected chi connectivity index (χ4v) is 5.67. The number of halogens is 3. The lowest BCUT2D eigenvalue weighted by molar-refractivity contribution is -0.192. The monoisotopic (exact) mass is 513 g/mol. The van der Waals surface area contributed by atoms with Gasteiger partial charge in [-0.05, 0) is 64.1 Å². The first kappa shape index (κ1) is 27.8. The van der Waals surface area contributed by atoms with Crippen LogP contribution in [0.15, 0.2) is 30.3 Å². The zero-order valence-electron chi connectivity index (χ0n) is 20.6. The number of benzene rings is 1. The highest BCUT2D eigenvalue weighted by Gasteiger charge is 2.55. The molecule has 1 saturated heterocycles. The molecule has 0 aromatic heterocycles. The maximum atomic E-state index is 13.1. The Morgan fingerprint density at radius 3 is 2.03 bits per heavy atom. The topological polar surface area (TPSA) is 101 Å². The molecule has 1 aromatic carbocycles. The van der Waals surface area contributed by atoms with Gasteiger partial charge in [-0.25, -0.2) is 9.59 Å². The predicted octanol–water partition coefficient (Wildman–Crippen LogP) is 4.01. The van der Waals surface area contributed by atoms with Crippen LogP contribution in [0.4, 0.5) is 18.0 Å². The van der Waals surface area contributed by atoms with Gasteiger partial charge in [-0.1, -0.05) is 36.8 Å². The third-order valence-corrected chi connectivity index (χ3v) is 7.97. The molecule has 0 bridgehead atoms. The lowest BCUT2D eigenvalue weighted by Gasteiger charge is -2.51. The second-order valence-electron chi connectivity index (χ2n) is 10.3. The number of nitrogens with zero attached hydrogens (tertiary/aromatic N) is 3. The first-order chi connectivity index (χ1) is 16.8. The van der Waals surface area contributed by atoms with Crippen molar-refractivity contribution < 1.29 is 37.8 Å². The van der Waals surface area contributed by atoms with Crippen molar-refractivity contribution in [2.75, 3.05) is 33.7 Å². The predicted molar refractivity (Wildman–Crippen MR) is 125 cm³/mol. The van der Waals surface area contributed by atoms with E-state index in [1.165, 1.54) is 24.8 Å². The molecule has 1 spiro atoms. The number of carboxylic acids is 2. The molecule has 11 heteroatoms. The number of alkyl halides is 3. The summed E-state index contributed by atoms with van der Waals surface area (Å²) in [4.78, 5) is 39.3. The lowest BCUT2D eigenvalue weighted by atomic mass is 9.68. The van der Waals surface area contributed by atoms with Crippen LogP contribution in [0, 0.1) is 5.92 Å². The molecule has 1 heterocycles. The molecule has 200 valence electrons. The maximum Gasteiger partial charge on any atom is 0.490 e. The first-order valence-electron chi connectivity index (χ1n) is 12.1. The van der Waals surface area contributed by atoms with Crippen molar-refractivity contribution in [1.82, 2.24) is 14.7 Å². The molecule has 4 rings (SSSR count). The average Bonchev–Trinajstić information content (AvgIpc) is 3.01. The summed E-state index contributed by atoms with van der Waals surface area (Å²) < 4.78 is 31.7. The number of carbonyl (C=O) groups is 3. The zero-order chi connectivity index (χ0) is 26.7. The van der Waals surface area contributed by atoms with Crippen LogP contribution in [0.1, 0.15) is 50.5 Å². The Labute approximate surface area is 208 Å². The van der Waals surface area contributed by atoms with Crippen molar-refractivity contribution in [3.05, 3.63) is 35.9 Å². The number of carboxylic acid groups (broad SMARTS) is 2. The molecule has 3 fully saturated rings. The van der Waals surface area contributed by atoms with Crippen LogP contribution in [-0.2, 0) is 15.1 Å². The quantitative estimate of drug-likeness (QED) is 0.596. The van der Waals surface area contributed by atoms with Crippen molar-refractivity contribution in [3.63, 3.8) is 0 Å². The summed E-state index contributed by atoms with van der Waals surface area (Å²) in [6, 6.07) is 10.6. The molecule has 2 aliphatic carbocycles. The van der Waals surface area contributed by atoms with Crippen LogP contribution < -0.4 is 0 Å². The number of aliphatic carboxylic acids is 2. The Morgan fingerprint density at radius 2 is 1.61 bits per heavy atom. The van der Waals surface area contributed by atoms with E-state index in [2.05, 4.69) is 54.2 Å². The fraction of sp³-hybridized carbons (Fsp3) is 0.640. The minimum atomic E-state index is -5.08. The van der Waals surface area contributed by atoms with Crippen molar-refractivity contribution in [2.45, 2.75) is 62.2 Å². The highest BCUT2D eigenvalue weighted by atomic mass is 19.4. The smallest absolute Gasteiger partial charge is 0.480 e. The Morgan fingerprint density at radius 1 is 1.06 bits per heavy atom. The summed E-state index contributed by atoms with van der Waals surface area (Å²) >= 11 is 0. The molecule has 2 N–H and O–H groups in total. The second-order valence-corrected chi connectivity index (χ2v) is 10.3. The van der Waals surface area contributed by atoms with Gasteiger partial charge in [0.2, 0.25) is 0 Å². The molecule has 2 amide bonds. The normalized spacial score (nSPS) is 26.6. The van der Waals surface area contributed by atoms with Gasteiger partial charge in [0.1, 0.15) is 6.54 Å². The molecular formula is C25H34F3N3O5. The Hall–Kier alpha value is -2.82. The zero-order valence-corrected chi connectivity index (χ0v) is 20.6. The first-order valence-corrected chi connectivity index (χ1v) is 12.1. The molecule has 0 atom stereocenters. The third-order valence-electron chi connectivity index (χ3n) is 7.97. The van der Waals surface area contributed by atoms with Crippen LogP contribution in [0.2, 0.25) is 0 Å². The summed E-state index contributed by atoms with van der Waals surface area (Å²) in [6.45, 7) is 1.14. The molecule has 0 unspecified atom stereocenters. The van der Waals surface area contributed by atoms with Gasteiger partial charge in [-0.3, -0.25) is 9.69 Å². The van der Waals surface area contributed by atoms with Gasteiger partial charge in [0.05, 0.1) is 5.54 Å². The second kappa shape index (κ2) is 10.7. The van der Waals surface area contributed by atoms with E-state index in [-0.39, 0.29) is 23.7 Å². The summed E-state index contributed by atoms with van der Waals surface area (Å²) in [5.74, 6) is -3.11. The number of amides is 2. The SMILES string of the molecule is CN(C)[C@]1(c2ccccc2)CC[C@@]2(CC1)CN(CC(=O)O)C(=O)N2CC1CCC1.O=C(O)C(F)(F)F. The van der Waals surface area contributed by atoms with Crippen molar-refractivity contribution in [1.29, 1.82) is 0 Å². The van der Waals surface area contributed by atoms with Crippen LogP contribution >= 0.6 is 0 Å². The summed E-state index contributed by atoms with van der Waals surface area (Å²) in [5, 5.41) is 16.4. The molecule has 2 saturated carbocycles. The molecular weight excluding hydrogens is 479 g/mol. The largest absolute Gasteiger partial charge is 0.490 e. The van der Waals surface area contributed by atoms with Gasteiger partial charge in [0.15, 0.2) is 0 Å². The van der Waals surface area contributed by atoms with E-state index in [0.29, 0.717) is 12.5 Å². The van der Waals surface area contributed by atoms with E-state index in [1.54, 1.807) is 4.90 Å². The van der Waals surface area contributed by atoms with Crippen LogP contribution in [0.5, 0.6) is 0 Å².